The van der Waals surface area contributed by atoms with Gasteiger partial charge in [0.25, 0.3) is 5.56 Å². The summed E-state index contributed by atoms with van der Waals surface area (Å²) in [6, 6.07) is 2.08. The van der Waals surface area contributed by atoms with Crippen LogP contribution in [0.5, 0.6) is 0 Å². The fourth-order valence-corrected chi connectivity index (χ4v) is 2.97. The lowest BCUT2D eigenvalue weighted by molar-refractivity contribution is 0.221. The highest BCUT2D eigenvalue weighted by Crippen LogP contribution is 2.19. The van der Waals surface area contributed by atoms with E-state index in [0.717, 1.165) is 61.0 Å². The molecule has 0 spiro atoms. The maximum absolute atomic E-state index is 12.3. The minimum Gasteiger partial charge on any atom is -0.465 e. The topological polar surface area (TPSA) is 62.1 Å². The predicted octanol–water partition coefficient (Wildman–Crippen LogP) is 2.49. The monoisotopic (exact) mass is 301 g/mol. The van der Waals surface area contributed by atoms with E-state index in [-0.39, 0.29) is 5.56 Å². The molecule has 2 aromatic heterocycles. The van der Waals surface area contributed by atoms with Crippen LogP contribution < -0.4 is 5.56 Å². The summed E-state index contributed by atoms with van der Waals surface area (Å²) in [4.78, 5) is 22.1. The molecule has 0 unspecified atom stereocenters. The molecule has 1 aliphatic rings. The van der Waals surface area contributed by atoms with Gasteiger partial charge in [-0.2, -0.15) is 0 Å². The van der Waals surface area contributed by atoms with Crippen LogP contribution >= 0.6 is 0 Å². The molecule has 2 aromatic rings. The van der Waals surface area contributed by atoms with Crippen LogP contribution in [0.1, 0.15) is 47.5 Å². The van der Waals surface area contributed by atoms with E-state index in [0.29, 0.717) is 6.54 Å². The fraction of sp³-hybridized carbons (Fsp3) is 0.529. The lowest BCUT2D eigenvalue weighted by Crippen LogP contribution is -2.35. The molecule has 0 atom stereocenters. The van der Waals surface area contributed by atoms with E-state index >= 15 is 0 Å². The van der Waals surface area contributed by atoms with Gasteiger partial charge in [-0.1, -0.05) is 6.92 Å². The second kappa shape index (κ2) is 6.08. The fourth-order valence-electron chi connectivity index (χ4n) is 2.97. The molecule has 0 radical (unpaired) electrons. The number of fused-ring (bicyclic) bond motifs is 1. The number of aryl methyl sites for hydroxylation is 3. The Morgan fingerprint density at radius 3 is 2.91 bits per heavy atom. The average Bonchev–Trinajstić information content (AvgIpc) is 2.78. The van der Waals surface area contributed by atoms with Crippen molar-refractivity contribution in [2.24, 2.45) is 0 Å². The van der Waals surface area contributed by atoms with Crippen molar-refractivity contribution in [3.63, 3.8) is 0 Å². The zero-order valence-corrected chi connectivity index (χ0v) is 13.5. The van der Waals surface area contributed by atoms with E-state index in [1.165, 1.54) is 5.56 Å². The van der Waals surface area contributed by atoms with Gasteiger partial charge >= 0.3 is 0 Å². The minimum absolute atomic E-state index is 0.0185. The number of hydrogen-bond acceptors (Lipinski definition) is 4. The Morgan fingerprint density at radius 2 is 2.23 bits per heavy atom. The molecule has 3 heterocycles. The van der Waals surface area contributed by atoms with Gasteiger partial charge in [-0.05, 0) is 31.9 Å². The molecule has 1 aliphatic heterocycles. The second-order valence-electron chi connectivity index (χ2n) is 6.10. The summed E-state index contributed by atoms with van der Waals surface area (Å²) < 4.78 is 5.74. The van der Waals surface area contributed by atoms with Crippen LogP contribution in [0.3, 0.4) is 0 Å². The Bertz CT molecular complexity index is 710. The van der Waals surface area contributed by atoms with Gasteiger partial charge < -0.3 is 9.40 Å². The maximum Gasteiger partial charge on any atom is 0.255 e. The standard InChI is InChI=1S/C17H23N3O2/c1-4-5-16-18-15-6-7-20(10-14(15)17(21)19-16)9-13-8-11(2)12(3)22-13/h8H,4-7,9-10H2,1-3H3,(H,18,19,21). The van der Waals surface area contributed by atoms with Gasteiger partial charge in [-0.25, -0.2) is 4.98 Å². The Hall–Kier alpha value is -1.88. The molecule has 0 amide bonds. The molecule has 0 bridgehead atoms. The summed E-state index contributed by atoms with van der Waals surface area (Å²) in [7, 11) is 0. The number of furan rings is 1. The van der Waals surface area contributed by atoms with Crippen molar-refractivity contribution in [3.05, 3.63) is 50.6 Å². The number of H-pyrrole nitrogens is 1. The van der Waals surface area contributed by atoms with Crippen molar-refractivity contribution >= 4 is 0 Å². The quantitative estimate of drug-likeness (QED) is 0.942. The van der Waals surface area contributed by atoms with Crippen LogP contribution in [0.25, 0.3) is 0 Å². The summed E-state index contributed by atoms with van der Waals surface area (Å²) in [6.45, 7) is 8.42. The van der Waals surface area contributed by atoms with Crippen LogP contribution in [-0.2, 0) is 25.9 Å². The molecule has 0 saturated carbocycles. The van der Waals surface area contributed by atoms with Crippen LogP contribution in [0.2, 0.25) is 0 Å². The Labute approximate surface area is 130 Å². The van der Waals surface area contributed by atoms with Crippen LogP contribution in [0.4, 0.5) is 0 Å². The van der Waals surface area contributed by atoms with Gasteiger partial charge in [-0.15, -0.1) is 0 Å². The van der Waals surface area contributed by atoms with E-state index in [9.17, 15) is 4.79 Å². The van der Waals surface area contributed by atoms with Crippen molar-refractivity contribution < 1.29 is 4.42 Å². The first-order chi connectivity index (χ1) is 10.6. The molecule has 0 saturated heterocycles. The summed E-state index contributed by atoms with van der Waals surface area (Å²) in [5, 5.41) is 0. The summed E-state index contributed by atoms with van der Waals surface area (Å²) >= 11 is 0. The van der Waals surface area contributed by atoms with Crippen LogP contribution in [0, 0.1) is 13.8 Å². The lowest BCUT2D eigenvalue weighted by Gasteiger charge is -2.26. The summed E-state index contributed by atoms with van der Waals surface area (Å²) in [5.74, 6) is 2.75. The van der Waals surface area contributed by atoms with Crippen molar-refractivity contribution in [2.45, 2.75) is 53.1 Å². The van der Waals surface area contributed by atoms with Crippen molar-refractivity contribution in [1.82, 2.24) is 14.9 Å². The molecule has 5 heteroatoms. The highest BCUT2D eigenvalue weighted by atomic mass is 16.3. The van der Waals surface area contributed by atoms with Crippen molar-refractivity contribution in [2.75, 3.05) is 6.54 Å². The van der Waals surface area contributed by atoms with Gasteiger partial charge in [0.05, 0.1) is 17.8 Å². The minimum atomic E-state index is 0.0185. The summed E-state index contributed by atoms with van der Waals surface area (Å²) in [5.41, 5.74) is 2.97. The smallest absolute Gasteiger partial charge is 0.255 e. The van der Waals surface area contributed by atoms with Gasteiger partial charge in [0.2, 0.25) is 0 Å². The van der Waals surface area contributed by atoms with Gasteiger partial charge in [0.15, 0.2) is 0 Å². The number of hydrogen-bond donors (Lipinski definition) is 1. The molecule has 22 heavy (non-hydrogen) atoms. The highest BCUT2D eigenvalue weighted by molar-refractivity contribution is 5.22. The zero-order chi connectivity index (χ0) is 15.7. The molecule has 0 aliphatic carbocycles. The summed E-state index contributed by atoms with van der Waals surface area (Å²) in [6.07, 6.45) is 2.65. The zero-order valence-electron chi connectivity index (χ0n) is 13.5. The Balaban J connectivity index is 1.77. The van der Waals surface area contributed by atoms with Gasteiger partial charge in [0.1, 0.15) is 17.3 Å². The molecular formula is C17H23N3O2. The molecule has 0 aromatic carbocycles. The van der Waals surface area contributed by atoms with E-state index in [1.54, 1.807) is 0 Å². The third kappa shape index (κ3) is 2.99. The third-order valence-electron chi connectivity index (χ3n) is 4.28. The number of nitrogens with zero attached hydrogens (tertiary/aromatic N) is 2. The third-order valence-corrected chi connectivity index (χ3v) is 4.28. The average molecular weight is 301 g/mol. The Morgan fingerprint density at radius 1 is 1.41 bits per heavy atom. The number of rotatable bonds is 4. The molecule has 1 N–H and O–H groups in total. The molecular weight excluding hydrogens is 278 g/mol. The maximum atomic E-state index is 12.3. The molecule has 118 valence electrons. The predicted molar refractivity (Wildman–Crippen MR) is 84.9 cm³/mol. The number of nitrogens with one attached hydrogen (secondary N) is 1. The first-order valence-electron chi connectivity index (χ1n) is 7.96. The first kappa shape index (κ1) is 15.0. The second-order valence-corrected chi connectivity index (χ2v) is 6.10. The van der Waals surface area contributed by atoms with E-state index in [4.69, 9.17) is 4.42 Å². The molecule has 3 rings (SSSR count). The highest BCUT2D eigenvalue weighted by Gasteiger charge is 2.22. The Kier molecular flexibility index (Phi) is 4.16. The van der Waals surface area contributed by atoms with Gasteiger partial charge in [0, 0.05) is 25.9 Å². The number of aromatic nitrogens is 2. The number of aromatic amines is 1. The molecule has 0 fully saturated rings. The molecule has 5 nitrogen and oxygen atoms in total. The van der Waals surface area contributed by atoms with Crippen molar-refractivity contribution in [1.29, 1.82) is 0 Å². The van der Waals surface area contributed by atoms with Crippen LogP contribution in [-0.4, -0.2) is 21.4 Å². The van der Waals surface area contributed by atoms with Crippen molar-refractivity contribution in [3.8, 4) is 0 Å². The van der Waals surface area contributed by atoms with E-state index in [1.807, 2.05) is 6.92 Å². The largest absolute Gasteiger partial charge is 0.465 e. The van der Waals surface area contributed by atoms with Gasteiger partial charge in [-0.3, -0.25) is 9.69 Å². The first-order valence-corrected chi connectivity index (χ1v) is 7.96. The lowest BCUT2D eigenvalue weighted by atomic mass is 10.1. The van der Waals surface area contributed by atoms with Crippen LogP contribution in [0.15, 0.2) is 15.3 Å². The van der Waals surface area contributed by atoms with E-state index < -0.39 is 0 Å². The van der Waals surface area contributed by atoms with E-state index in [2.05, 4.69) is 34.8 Å². The normalized spacial score (nSPS) is 15.0. The SMILES string of the molecule is CCCc1nc2c(c(=O)[nH]1)CN(Cc1cc(C)c(C)o1)CC2.